The number of hydrogen-bond donors (Lipinski definition) is 1. The average molecular weight is 338 g/mol. The summed E-state index contributed by atoms with van der Waals surface area (Å²) in [5.74, 6) is 0.335. The smallest absolute Gasteiger partial charge is 0.128 e. The molecule has 134 valence electrons. The minimum absolute atomic E-state index is 0.0181. The highest BCUT2D eigenvalue weighted by molar-refractivity contribution is 5.85. The van der Waals surface area contributed by atoms with E-state index in [1.807, 2.05) is 18.2 Å². The molecular formula is C22H30N2O. The molecule has 0 aliphatic carbocycles. The third-order valence-electron chi connectivity index (χ3n) is 4.27. The molecule has 2 rings (SSSR count). The van der Waals surface area contributed by atoms with Gasteiger partial charge in [-0.2, -0.15) is 0 Å². The van der Waals surface area contributed by atoms with Gasteiger partial charge in [-0.25, -0.2) is 0 Å². The zero-order valence-corrected chi connectivity index (χ0v) is 16.3. The molecule has 0 fully saturated rings. The molecule has 0 amide bonds. The lowest BCUT2D eigenvalue weighted by Gasteiger charge is -2.27. The van der Waals surface area contributed by atoms with Crippen LogP contribution in [0.25, 0.3) is 0 Å². The second-order valence-electron chi connectivity index (χ2n) is 8.57. The molecule has 0 spiro atoms. The third-order valence-corrected chi connectivity index (χ3v) is 4.27. The summed E-state index contributed by atoms with van der Waals surface area (Å²) >= 11 is 0. The number of phenols is 1. The minimum atomic E-state index is -0.123. The lowest BCUT2D eigenvalue weighted by molar-refractivity contribution is 0.444. The average Bonchev–Trinajstić information content (AvgIpc) is 2.51. The molecular weight excluding hydrogens is 308 g/mol. The van der Waals surface area contributed by atoms with Crippen LogP contribution in [0, 0.1) is 0 Å². The van der Waals surface area contributed by atoms with Crippen LogP contribution in [0.4, 0.5) is 0 Å². The predicted molar refractivity (Wildman–Crippen MR) is 106 cm³/mol. The van der Waals surface area contributed by atoms with Crippen LogP contribution in [0.5, 0.6) is 5.75 Å². The highest BCUT2D eigenvalue weighted by Crippen LogP contribution is 2.37. The zero-order chi connectivity index (χ0) is 18.7. The van der Waals surface area contributed by atoms with E-state index in [1.165, 1.54) is 5.56 Å². The summed E-state index contributed by atoms with van der Waals surface area (Å²) in [5.41, 5.74) is 3.89. The van der Waals surface area contributed by atoms with E-state index < -0.39 is 0 Å². The maximum atomic E-state index is 10.7. The minimum Gasteiger partial charge on any atom is -0.507 e. The first-order chi connectivity index (χ1) is 11.6. The van der Waals surface area contributed by atoms with Gasteiger partial charge in [-0.15, -0.1) is 0 Å². The Morgan fingerprint density at radius 2 is 1.76 bits per heavy atom. The van der Waals surface area contributed by atoms with Crippen molar-refractivity contribution in [3.8, 4) is 5.75 Å². The number of aromatic nitrogens is 1. The summed E-state index contributed by atoms with van der Waals surface area (Å²) < 4.78 is 0. The number of rotatable bonds is 4. The van der Waals surface area contributed by atoms with E-state index in [2.05, 4.69) is 63.7 Å². The monoisotopic (exact) mass is 338 g/mol. The summed E-state index contributed by atoms with van der Waals surface area (Å²) in [7, 11) is 0. The van der Waals surface area contributed by atoms with E-state index in [0.717, 1.165) is 23.2 Å². The standard InChI is InChI=1S/C22H30N2O/c1-21(2,3)17-13-16(20(25)19(14-17)22(4,5)6)15-23-12-10-18-9-7-8-11-24-18/h7-9,11,13-15,25H,10,12H2,1-6H3. The molecule has 0 saturated heterocycles. The second-order valence-corrected chi connectivity index (χ2v) is 8.57. The van der Waals surface area contributed by atoms with E-state index in [4.69, 9.17) is 0 Å². The van der Waals surface area contributed by atoms with Crippen LogP contribution >= 0.6 is 0 Å². The summed E-state index contributed by atoms with van der Waals surface area (Å²) in [6.45, 7) is 13.6. The third kappa shape index (κ3) is 5.15. The summed E-state index contributed by atoms with van der Waals surface area (Å²) in [5, 5.41) is 10.7. The molecule has 1 aromatic heterocycles. The van der Waals surface area contributed by atoms with E-state index in [9.17, 15) is 5.11 Å². The largest absolute Gasteiger partial charge is 0.507 e. The number of aliphatic imine (C=N–C) groups is 1. The first-order valence-corrected chi connectivity index (χ1v) is 8.87. The molecule has 3 heteroatoms. The van der Waals surface area contributed by atoms with Crippen LogP contribution in [-0.2, 0) is 17.3 Å². The van der Waals surface area contributed by atoms with E-state index >= 15 is 0 Å². The van der Waals surface area contributed by atoms with Crippen LogP contribution in [0.3, 0.4) is 0 Å². The van der Waals surface area contributed by atoms with Gasteiger partial charge in [0.25, 0.3) is 0 Å². The normalized spacial score (nSPS) is 12.7. The van der Waals surface area contributed by atoms with Gasteiger partial charge in [0.1, 0.15) is 5.75 Å². The van der Waals surface area contributed by atoms with Gasteiger partial charge in [0.05, 0.1) is 0 Å². The van der Waals surface area contributed by atoms with Gasteiger partial charge in [-0.1, -0.05) is 53.7 Å². The van der Waals surface area contributed by atoms with Crippen molar-refractivity contribution in [3.63, 3.8) is 0 Å². The second kappa shape index (κ2) is 7.38. The summed E-state index contributed by atoms with van der Waals surface area (Å²) in [6.07, 6.45) is 4.39. The number of benzene rings is 1. The highest BCUT2D eigenvalue weighted by atomic mass is 16.3. The Morgan fingerprint density at radius 1 is 1.04 bits per heavy atom. The Balaban J connectivity index is 2.28. The quantitative estimate of drug-likeness (QED) is 0.793. The maximum Gasteiger partial charge on any atom is 0.128 e. The van der Waals surface area contributed by atoms with Gasteiger partial charge in [-0.05, 0) is 34.6 Å². The Labute approximate surface area is 151 Å². The van der Waals surface area contributed by atoms with Crippen molar-refractivity contribution in [2.45, 2.75) is 58.8 Å². The van der Waals surface area contributed by atoms with Crippen LogP contribution in [0.1, 0.15) is 63.9 Å². The summed E-state index contributed by atoms with van der Waals surface area (Å²) in [6, 6.07) is 10.1. The first-order valence-electron chi connectivity index (χ1n) is 8.87. The molecule has 0 radical (unpaired) electrons. The van der Waals surface area contributed by atoms with Crippen LogP contribution in [0.2, 0.25) is 0 Å². The SMILES string of the molecule is CC(C)(C)c1cc(C=NCCc2ccccn2)c(O)c(C(C)(C)C)c1. The van der Waals surface area contributed by atoms with E-state index in [0.29, 0.717) is 12.3 Å². The Hall–Kier alpha value is -2.16. The molecule has 1 heterocycles. The molecule has 2 aromatic rings. The van der Waals surface area contributed by atoms with E-state index in [1.54, 1.807) is 12.4 Å². The molecule has 1 aromatic carbocycles. The molecule has 0 atom stereocenters. The molecule has 1 N–H and O–H groups in total. The molecule has 0 bridgehead atoms. The fraction of sp³-hybridized carbons (Fsp3) is 0.455. The van der Waals surface area contributed by atoms with E-state index in [-0.39, 0.29) is 10.8 Å². The van der Waals surface area contributed by atoms with Crippen molar-refractivity contribution in [2.24, 2.45) is 4.99 Å². The Bertz CT molecular complexity index is 735. The van der Waals surface area contributed by atoms with Crippen LogP contribution < -0.4 is 0 Å². The first kappa shape index (κ1) is 19.2. The van der Waals surface area contributed by atoms with Gasteiger partial charge >= 0.3 is 0 Å². The van der Waals surface area contributed by atoms with Crippen molar-refractivity contribution < 1.29 is 5.11 Å². The number of phenolic OH excluding ortho intramolecular Hbond substituents is 1. The van der Waals surface area contributed by atoms with Crippen molar-refractivity contribution in [1.29, 1.82) is 0 Å². The van der Waals surface area contributed by atoms with Gasteiger partial charge in [-0.3, -0.25) is 9.98 Å². The summed E-state index contributed by atoms with van der Waals surface area (Å²) in [4.78, 5) is 8.83. The lowest BCUT2D eigenvalue weighted by atomic mass is 9.79. The van der Waals surface area contributed by atoms with Crippen molar-refractivity contribution in [2.75, 3.05) is 6.54 Å². The highest BCUT2D eigenvalue weighted by Gasteiger charge is 2.24. The number of pyridine rings is 1. The number of aromatic hydroxyl groups is 1. The number of hydrogen-bond acceptors (Lipinski definition) is 3. The van der Waals surface area contributed by atoms with Gasteiger partial charge < -0.3 is 5.11 Å². The Morgan fingerprint density at radius 3 is 2.32 bits per heavy atom. The zero-order valence-electron chi connectivity index (χ0n) is 16.3. The molecule has 0 unspecified atom stereocenters. The van der Waals surface area contributed by atoms with Crippen molar-refractivity contribution >= 4 is 6.21 Å². The molecule has 25 heavy (non-hydrogen) atoms. The molecule has 0 aliphatic heterocycles. The maximum absolute atomic E-state index is 10.7. The lowest BCUT2D eigenvalue weighted by Crippen LogP contribution is -2.17. The molecule has 0 saturated carbocycles. The van der Waals surface area contributed by atoms with Crippen molar-refractivity contribution in [3.05, 3.63) is 58.9 Å². The Kier molecular flexibility index (Phi) is 5.66. The van der Waals surface area contributed by atoms with Gasteiger partial charge in [0.15, 0.2) is 0 Å². The number of nitrogens with zero attached hydrogens (tertiary/aromatic N) is 2. The fourth-order valence-electron chi connectivity index (χ4n) is 2.65. The molecule has 0 aliphatic rings. The van der Waals surface area contributed by atoms with Gasteiger partial charge in [0.2, 0.25) is 0 Å². The topological polar surface area (TPSA) is 45.5 Å². The van der Waals surface area contributed by atoms with Crippen molar-refractivity contribution in [1.82, 2.24) is 4.98 Å². The predicted octanol–water partition coefficient (Wildman–Crippen LogP) is 5.04. The van der Waals surface area contributed by atoms with Crippen LogP contribution in [0.15, 0.2) is 41.5 Å². The fourth-order valence-corrected chi connectivity index (χ4v) is 2.65. The molecule has 3 nitrogen and oxygen atoms in total. The van der Waals surface area contributed by atoms with Gasteiger partial charge in [0, 0.05) is 42.2 Å². The van der Waals surface area contributed by atoms with Crippen LogP contribution in [-0.4, -0.2) is 22.8 Å².